The van der Waals surface area contributed by atoms with E-state index in [1.807, 2.05) is 13.0 Å². The Morgan fingerprint density at radius 1 is 1.38 bits per heavy atom. The minimum Gasteiger partial charge on any atom is -0.381 e. The van der Waals surface area contributed by atoms with Crippen LogP contribution in [0.1, 0.15) is 24.8 Å². The summed E-state index contributed by atoms with van der Waals surface area (Å²) >= 11 is 0. The molecule has 0 aliphatic carbocycles. The van der Waals surface area contributed by atoms with Gasteiger partial charge in [0.25, 0.3) is 0 Å². The van der Waals surface area contributed by atoms with Gasteiger partial charge >= 0.3 is 0 Å². The molecule has 0 saturated carbocycles. The summed E-state index contributed by atoms with van der Waals surface area (Å²) in [6.07, 6.45) is 3.83. The lowest BCUT2D eigenvalue weighted by molar-refractivity contribution is 0.465. The SMILES string of the molecule is Cc1cc2c(cc1F)NCC1CCCCN21. The molecule has 1 fully saturated rings. The molecule has 2 heterocycles. The van der Waals surface area contributed by atoms with Gasteiger partial charge in [0.1, 0.15) is 5.82 Å². The standard InChI is InChI=1S/C13H17FN2/c1-9-6-13-12(7-11(9)14)15-8-10-4-2-3-5-16(10)13/h6-7,10,15H,2-5,8H2,1H3. The van der Waals surface area contributed by atoms with Crippen LogP contribution in [0, 0.1) is 12.7 Å². The number of nitrogens with zero attached hydrogens (tertiary/aromatic N) is 1. The second-order valence-electron chi connectivity index (χ2n) is 4.84. The van der Waals surface area contributed by atoms with Gasteiger partial charge in [-0.15, -0.1) is 0 Å². The highest BCUT2D eigenvalue weighted by Gasteiger charge is 2.28. The predicted molar refractivity (Wildman–Crippen MR) is 64.6 cm³/mol. The minimum atomic E-state index is -0.110. The highest BCUT2D eigenvalue weighted by atomic mass is 19.1. The van der Waals surface area contributed by atoms with Gasteiger partial charge in [0.05, 0.1) is 11.4 Å². The first-order valence-electron chi connectivity index (χ1n) is 6.06. The van der Waals surface area contributed by atoms with Crippen LogP contribution in [0.3, 0.4) is 0 Å². The summed E-state index contributed by atoms with van der Waals surface area (Å²) in [5.74, 6) is -0.110. The maximum Gasteiger partial charge on any atom is 0.128 e. The molecule has 0 bridgehead atoms. The number of fused-ring (bicyclic) bond motifs is 3. The second-order valence-corrected chi connectivity index (χ2v) is 4.84. The van der Waals surface area contributed by atoms with Gasteiger partial charge in [-0.2, -0.15) is 0 Å². The van der Waals surface area contributed by atoms with Crippen molar-refractivity contribution in [2.45, 2.75) is 32.2 Å². The normalized spacial score (nSPS) is 23.4. The van der Waals surface area contributed by atoms with Crippen molar-refractivity contribution in [1.29, 1.82) is 0 Å². The molecule has 0 radical (unpaired) electrons. The number of hydrogen-bond acceptors (Lipinski definition) is 2. The maximum atomic E-state index is 13.5. The number of hydrogen-bond donors (Lipinski definition) is 1. The summed E-state index contributed by atoms with van der Waals surface area (Å²) < 4.78 is 13.5. The first-order chi connectivity index (χ1) is 7.75. The topological polar surface area (TPSA) is 15.3 Å². The Labute approximate surface area is 95.4 Å². The van der Waals surface area contributed by atoms with Gasteiger partial charge in [-0.25, -0.2) is 4.39 Å². The molecule has 0 aromatic heterocycles. The molecule has 2 nitrogen and oxygen atoms in total. The van der Waals surface area contributed by atoms with E-state index in [4.69, 9.17) is 0 Å². The Morgan fingerprint density at radius 3 is 3.12 bits per heavy atom. The van der Waals surface area contributed by atoms with Crippen LogP contribution in [0.25, 0.3) is 0 Å². The van der Waals surface area contributed by atoms with E-state index in [1.54, 1.807) is 6.07 Å². The maximum absolute atomic E-state index is 13.5. The summed E-state index contributed by atoms with van der Waals surface area (Å²) in [6.45, 7) is 3.91. The third kappa shape index (κ3) is 1.46. The van der Waals surface area contributed by atoms with Crippen LogP contribution in [0.15, 0.2) is 12.1 Å². The quantitative estimate of drug-likeness (QED) is 0.723. The molecule has 16 heavy (non-hydrogen) atoms. The molecule has 1 atom stereocenters. The predicted octanol–water partition coefficient (Wildman–Crippen LogP) is 2.92. The summed E-state index contributed by atoms with van der Waals surface area (Å²) in [7, 11) is 0. The molecule has 0 spiro atoms. The molecular weight excluding hydrogens is 203 g/mol. The molecule has 1 aromatic rings. The minimum absolute atomic E-state index is 0.110. The fraction of sp³-hybridized carbons (Fsp3) is 0.538. The lowest BCUT2D eigenvalue weighted by atomic mass is 9.97. The zero-order chi connectivity index (χ0) is 11.1. The molecule has 1 N–H and O–H groups in total. The Balaban J connectivity index is 2.04. The zero-order valence-corrected chi connectivity index (χ0v) is 9.59. The lowest BCUT2D eigenvalue weighted by Crippen LogP contribution is -2.47. The Kier molecular flexibility index (Phi) is 2.27. The average Bonchev–Trinajstić information content (AvgIpc) is 2.31. The Bertz CT molecular complexity index is 417. The summed E-state index contributed by atoms with van der Waals surface area (Å²) in [4.78, 5) is 2.45. The fourth-order valence-electron chi connectivity index (χ4n) is 2.80. The number of halogens is 1. The van der Waals surface area contributed by atoms with Gasteiger partial charge in [0, 0.05) is 19.1 Å². The van der Waals surface area contributed by atoms with Crippen molar-refractivity contribution in [2.24, 2.45) is 0 Å². The van der Waals surface area contributed by atoms with E-state index in [-0.39, 0.29) is 5.82 Å². The summed E-state index contributed by atoms with van der Waals surface area (Å²) in [6, 6.07) is 4.22. The van der Waals surface area contributed by atoms with Gasteiger partial charge in [-0.05, 0) is 43.9 Å². The number of rotatable bonds is 0. The van der Waals surface area contributed by atoms with Crippen LogP contribution < -0.4 is 10.2 Å². The molecule has 1 aromatic carbocycles. The van der Waals surface area contributed by atoms with Crippen LogP contribution in [-0.2, 0) is 0 Å². The van der Waals surface area contributed by atoms with Crippen molar-refractivity contribution in [3.8, 4) is 0 Å². The molecular formula is C13H17FN2. The van der Waals surface area contributed by atoms with Crippen LogP contribution in [0.4, 0.5) is 15.8 Å². The largest absolute Gasteiger partial charge is 0.381 e. The second kappa shape index (κ2) is 3.65. The van der Waals surface area contributed by atoms with E-state index in [9.17, 15) is 4.39 Å². The lowest BCUT2D eigenvalue weighted by Gasteiger charge is -2.42. The smallest absolute Gasteiger partial charge is 0.128 e. The highest BCUT2D eigenvalue weighted by Crippen LogP contribution is 2.36. The first-order valence-corrected chi connectivity index (χ1v) is 6.06. The van der Waals surface area contributed by atoms with Gasteiger partial charge in [0.15, 0.2) is 0 Å². The summed E-state index contributed by atoms with van der Waals surface area (Å²) in [5.41, 5.74) is 2.89. The number of aryl methyl sites for hydroxylation is 1. The third-order valence-corrected chi connectivity index (χ3v) is 3.74. The Morgan fingerprint density at radius 2 is 2.25 bits per heavy atom. The zero-order valence-electron chi connectivity index (χ0n) is 9.59. The molecule has 0 amide bonds. The van der Waals surface area contributed by atoms with E-state index < -0.39 is 0 Å². The van der Waals surface area contributed by atoms with Crippen LogP contribution in [0.2, 0.25) is 0 Å². The molecule has 3 rings (SSSR count). The van der Waals surface area contributed by atoms with E-state index >= 15 is 0 Å². The summed E-state index contributed by atoms with van der Waals surface area (Å²) in [5, 5.41) is 3.35. The Hall–Kier alpha value is -1.25. The molecule has 86 valence electrons. The monoisotopic (exact) mass is 220 g/mol. The van der Waals surface area contributed by atoms with E-state index in [0.29, 0.717) is 6.04 Å². The van der Waals surface area contributed by atoms with Gasteiger partial charge < -0.3 is 10.2 Å². The number of nitrogens with one attached hydrogen (secondary N) is 1. The third-order valence-electron chi connectivity index (χ3n) is 3.74. The van der Waals surface area contributed by atoms with Crippen molar-refractivity contribution in [3.63, 3.8) is 0 Å². The van der Waals surface area contributed by atoms with Gasteiger partial charge in [-0.3, -0.25) is 0 Å². The number of anilines is 2. The van der Waals surface area contributed by atoms with Gasteiger partial charge in [-0.1, -0.05) is 0 Å². The van der Waals surface area contributed by atoms with E-state index in [2.05, 4.69) is 10.2 Å². The van der Waals surface area contributed by atoms with Crippen molar-refractivity contribution in [1.82, 2.24) is 0 Å². The molecule has 3 heteroatoms. The highest BCUT2D eigenvalue weighted by molar-refractivity contribution is 5.74. The van der Waals surface area contributed by atoms with Crippen LogP contribution in [-0.4, -0.2) is 19.1 Å². The molecule has 1 saturated heterocycles. The van der Waals surface area contributed by atoms with Crippen molar-refractivity contribution >= 4 is 11.4 Å². The van der Waals surface area contributed by atoms with Crippen LogP contribution >= 0.6 is 0 Å². The van der Waals surface area contributed by atoms with E-state index in [0.717, 1.165) is 24.3 Å². The first kappa shape index (κ1) is 9.94. The van der Waals surface area contributed by atoms with Crippen molar-refractivity contribution in [3.05, 3.63) is 23.5 Å². The average molecular weight is 220 g/mol. The molecule has 2 aliphatic heterocycles. The van der Waals surface area contributed by atoms with E-state index in [1.165, 1.54) is 24.9 Å². The molecule has 2 aliphatic rings. The fourth-order valence-corrected chi connectivity index (χ4v) is 2.80. The van der Waals surface area contributed by atoms with Crippen molar-refractivity contribution < 1.29 is 4.39 Å². The van der Waals surface area contributed by atoms with Gasteiger partial charge in [0.2, 0.25) is 0 Å². The van der Waals surface area contributed by atoms with Crippen molar-refractivity contribution in [2.75, 3.05) is 23.3 Å². The molecule has 1 unspecified atom stereocenters. The van der Waals surface area contributed by atoms with Crippen LogP contribution in [0.5, 0.6) is 0 Å². The number of benzene rings is 1. The number of piperidine rings is 1.